The first-order chi connectivity index (χ1) is 13.0. The quantitative estimate of drug-likeness (QED) is 0.225. The molecule has 164 valence electrons. The van der Waals surface area contributed by atoms with Crippen LogP contribution < -0.4 is 10.6 Å². The number of rotatable bonds is 8. The van der Waals surface area contributed by atoms with Gasteiger partial charge in [-0.1, -0.05) is 20.8 Å². The van der Waals surface area contributed by atoms with Crippen molar-refractivity contribution in [3.05, 3.63) is 0 Å². The molecule has 0 aromatic carbocycles. The van der Waals surface area contributed by atoms with Crippen molar-refractivity contribution in [3.63, 3.8) is 0 Å². The first-order valence-electron chi connectivity index (χ1n) is 10.7. The van der Waals surface area contributed by atoms with E-state index in [0.29, 0.717) is 6.04 Å². The molecule has 2 fully saturated rings. The number of aliphatic imine (C=N–C) groups is 1. The molecule has 8 heteroatoms. The molecule has 1 atom stereocenters. The van der Waals surface area contributed by atoms with Gasteiger partial charge in [0, 0.05) is 64.8 Å². The van der Waals surface area contributed by atoms with Gasteiger partial charge in [-0.25, -0.2) is 0 Å². The second kappa shape index (κ2) is 13.6. The van der Waals surface area contributed by atoms with Crippen LogP contribution in [0.5, 0.6) is 0 Å². The molecule has 2 aliphatic heterocycles. The molecule has 1 unspecified atom stereocenters. The van der Waals surface area contributed by atoms with Crippen molar-refractivity contribution in [1.29, 1.82) is 0 Å². The summed E-state index contributed by atoms with van der Waals surface area (Å²) < 4.78 is 0. The minimum Gasteiger partial charge on any atom is -0.356 e. The van der Waals surface area contributed by atoms with E-state index in [1.807, 2.05) is 25.8 Å². The molecule has 7 nitrogen and oxygen atoms in total. The van der Waals surface area contributed by atoms with E-state index in [4.69, 9.17) is 0 Å². The number of piperazine rings is 1. The summed E-state index contributed by atoms with van der Waals surface area (Å²) in [6.45, 7) is 15.9. The summed E-state index contributed by atoms with van der Waals surface area (Å²) in [5, 5.41) is 6.90. The zero-order valence-corrected chi connectivity index (χ0v) is 20.6. The van der Waals surface area contributed by atoms with Crippen LogP contribution in [-0.2, 0) is 4.79 Å². The molecule has 1 amide bonds. The van der Waals surface area contributed by atoms with Crippen molar-refractivity contribution < 1.29 is 4.79 Å². The summed E-state index contributed by atoms with van der Waals surface area (Å²) in [6.07, 6.45) is 3.36. The van der Waals surface area contributed by atoms with Crippen LogP contribution in [0.1, 0.15) is 40.0 Å². The SMILES string of the molecule is CCN1CCN(CCCCNC(=NC)NC2CCN(C(=O)C(C)C)C2)CC1.I. The highest BCUT2D eigenvalue weighted by Gasteiger charge is 2.27. The van der Waals surface area contributed by atoms with Crippen molar-refractivity contribution in [2.24, 2.45) is 10.9 Å². The van der Waals surface area contributed by atoms with Crippen LogP contribution in [0.3, 0.4) is 0 Å². The molecule has 2 N–H and O–H groups in total. The second-order valence-corrected chi connectivity index (χ2v) is 8.05. The molecule has 28 heavy (non-hydrogen) atoms. The van der Waals surface area contributed by atoms with Gasteiger partial charge >= 0.3 is 0 Å². The number of nitrogens with one attached hydrogen (secondary N) is 2. The van der Waals surface area contributed by atoms with E-state index >= 15 is 0 Å². The molecule has 2 heterocycles. The van der Waals surface area contributed by atoms with Gasteiger partial charge in [0.05, 0.1) is 0 Å². The molecule has 0 aromatic heterocycles. The van der Waals surface area contributed by atoms with Gasteiger partial charge in [0.25, 0.3) is 0 Å². The summed E-state index contributed by atoms with van der Waals surface area (Å²) >= 11 is 0. The average Bonchev–Trinajstić information content (AvgIpc) is 3.15. The summed E-state index contributed by atoms with van der Waals surface area (Å²) in [7, 11) is 1.81. The van der Waals surface area contributed by atoms with E-state index in [-0.39, 0.29) is 35.8 Å². The fourth-order valence-electron chi connectivity index (χ4n) is 3.83. The van der Waals surface area contributed by atoms with Crippen molar-refractivity contribution >= 4 is 35.8 Å². The lowest BCUT2D eigenvalue weighted by molar-refractivity contribution is -0.133. The first kappa shape index (κ1) is 25.4. The van der Waals surface area contributed by atoms with Crippen molar-refractivity contribution in [2.75, 3.05) is 66.0 Å². The number of amides is 1. The van der Waals surface area contributed by atoms with Gasteiger partial charge in [-0.2, -0.15) is 0 Å². The van der Waals surface area contributed by atoms with Gasteiger partial charge in [-0.3, -0.25) is 9.79 Å². The highest BCUT2D eigenvalue weighted by atomic mass is 127. The van der Waals surface area contributed by atoms with Gasteiger partial charge in [0.2, 0.25) is 5.91 Å². The fraction of sp³-hybridized carbons (Fsp3) is 0.900. The van der Waals surface area contributed by atoms with Crippen molar-refractivity contribution in [3.8, 4) is 0 Å². The van der Waals surface area contributed by atoms with Crippen LogP contribution in [0.25, 0.3) is 0 Å². The standard InChI is InChI=1S/C20H40N6O.HI/c1-5-24-12-14-25(15-13-24)10-7-6-9-22-20(21-4)23-18-8-11-26(16-18)19(27)17(2)3;/h17-18H,5-16H2,1-4H3,(H2,21,22,23);1H. The van der Waals surface area contributed by atoms with E-state index in [9.17, 15) is 4.79 Å². The van der Waals surface area contributed by atoms with Crippen LogP contribution in [0.4, 0.5) is 0 Å². The molecule has 0 bridgehead atoms. The summed E-state index contributed by atoms with van der Waals surface area (Å²) in [5.74, 6) is 1.18. The number of unbranched alkanes of at least 4 members (excludes halogenated alkanes) is 1. The third kappa shape index (κ3) is 8.41. The molecule has 0 aliphatic carbocycles. The van der Waals surface area contributed by atoms with Gasteiger partial charge in [0.1, 0.15) is 0 Å². The zero-order chi connectivity index (χ0) is 19.6. The van der Waals surface area contributed by atoms with Crippen LogP contribution in [0, 0.1) is 5.92 Å². The molecule has 0 aromatic rings. The normalized spacial score (nSPS) is 21.7. The van der Waals surface area contributed by atoms with E-state index in [1.165, 1.54) is 45.7 Å². The number of halogens is 1. The predicted octanol–water partition coefficient (Wildman–Crippen LogP) is 1.44. The molecule has 2 saturated heterocycles. The number of nitrogens with zero attached hydrogens (tertiary/aromatic N) is 4. The summed E-state index contributed by atoms with van der Waals surface area (Å²) in [4.78, 5) is 23.5. The number of hydrogen-bond donors (Lipinski definition) is 2. The molecule has 2 aliphatic rings. The van der Waals surface area contributed by atoms with Gasteiger partial charge in [-0.05, 0) is 32.4 Å². The van der Waals surface area contributed by atoms with Crippen molar-refractivity contribution in [1.82, 2.24) is 25.3 Å². The van der Waals surface area contributed by atoms with Gasteiger partial charge < -0.3 is 25.3 Å². The minimum atomic E-state index is 0. The Balaban J connectivity index is 0.00000392. The highest BCUT2D eigenvalue weighted by Crippen LogP contribution is 2.12. The Labute approximate surface area is 188 Å². The van der Waals surface area contributed by atoms with Crippen LogP contribution in [0.2, 0.25) is 0 Å². The Morgan fingerprint density at radius 1 is 1.11 bits per heavy atom. The van der Waals surface area contributed by atoms with Crippen LogP contribution >= 0.6 is 24.0 Å². The third-order valence-electron chi connectivity index (χ3n) is 5.66. The summed E-state index contributed by atoms with van der Waals surface area (Å²) in [5.41, 5.74) is 0. The molecule has 2 rings (SSSR count). The van der Waals surface area contributed by atoms with E-state index in [0.717, 1.165) is 38.4 Å². The molecule has 0 radical (unpaired) electrons. The number of likely N-dealkylation sites (tertiary alicyclic amines) is 1. The smallest absolute Gasteiger partial charge is 0.225 e. The maximum absolute atomic E-state index is 12.1. The van der Waals surface area contributed by atoms with E-state index in [2.05, 4.69) is 32.3 Å². The van der Waals surface area contributed by atoms with Crippen molar-refractivity contribution in [2.45, 2.75) is 46.1 Å². The fourth-order valence-corrected chi connectivity index (χ4v) is 3.83. The number of guanidine groups is 1. The van der Waals surface area contributed by atoms with E-state index in [1.54, 1.807) is 0 Å². The molecule has 0 saturated carbocycles. The van der Waals surface area contributed by atoms with Gasteiger partial charge in [-0.15, -0.1) is 24.0 Å². The third-order valence-corrected chi connectivity index (χ3v) is 5.66. The Hall–Kier alpha value is -0.610. The van der Waals surface area contributed by atoms with Crippen LogP contribution in [0.15, 0.2) is 4.99 Å². The first-order valence-corrected chi connectivity index (χ1v) is 10.7. The average molecular weight is 508 g/mol. The zero-order valence-electron chi connectivity index (χ0n) is 18.2. The minimum absolute atomic E-state index is 0. The molecular weight excluding hydrogens is 467 g/mol. The lowest BCUT2D eigenvalue weighted by atomic mass is 10.2. The maximum Gasteiger partial charge on any atom is 0.225 e. The lowest BCUT2D eigenvalue weighted by Crippen LogP contribution is -2.46. The molecule has 0 spiro atoms. The van der Waals surface area contributed by atoms with Crippen LogP contribution in [-0.4, -0.2) is 98.6 Å². The largest absolute Gasteiger partial charge is 0.356 e. The predicted molar refractivity (Wildman–Crippen MR) is 128 cm³/mol. The second-order valence-electron chi connectivity index (χ2n) is 8.05. The number of hydrogen-bond acceptors (Lipinski definition) is 4. The number of likely N-dealkylation sites (N-methyl/N-ethyl adjacent to an activating group) is 1. The van der Waals surface area contributed by atoms with E-state index < -0.39 is 0 Å². The monoisotopic (exact) mass is 508 g/mol. The topological polar surface area (TPSA) is 63.2 Å². The summed E-state index contributed by atoms with van der Waals surface area (Å²) in [6, 6.07) is 0.300. The number of carbonyl (C=O) groups is 1. The Morgan fingerprint density at radius 3 is 2.39 bits per heavy atom. The Kier molecular flexibility index (Phi) is 12.3. The molecular formula is C20H41IN6O. The number of carbonyl (C=O) groups excluding carboxylic acids is 1. The van der Waals surface area contributed by atoms with Gasteiger partial charge in [0.15, 0.2) is 5.96 Å². The highest BCUT2D eigenvalue weighted by molar-refractivity contribution is 14.0. The Bertz CT molecular complexity index is 479. The Morgan fingerprint density at radius 2 is 1.79 bits per heavy atom. The maximum atomic E-state index is 12.1. The lowest BCUT2D eigenvalue weighted by Gasteiger charge is -2.34.